The largest absolute Gasteiger partial charge is 0.481 e. The number of nitrogens with zero attached hydrogens (tertiary/aromatic N) is 8. The third-order valence-corrected chi connectivity index (χ3v) is 17.6. The number of carbonyl (C=O) groups is 2. The van der Waals surface area contributed by atoms with Crippen molar-refractivity contribution in [2.45, 2.75) is 136 Å². The number of rotatable bonds is 23. The highest BCUT2D eigenvalue weighted by Crippen LogP contribution is 2.44. The van der Waals surface area contributed by atoms with Crippen LogP contribution in [0, 0.1) is 24.7 Å². The zero-order valence-corrected chi connectivity index (χ0v) is 48.7. The van der Waals surface area contributed by atoms with E-state index in [1.165, 1.54) is 9.13 Å². The average Bonchev–Trinajstić information content (AvgIpc) is 4.04. The van der Waals surface area contributed by atoms with Gasteiger partial charge in [0.2, 0.25) is 11.8 Å². The zero-order chi connectivity index (χ0) is 58.3. The van der Waals surface area contributed by atoms with Gasteiger partial charge in [0.05, 0.1) is 6.61 Å². The number of aromatic nitrogens is 8. The summed E-state index contributed by atoms with van der Waals surface area (Å²) in [6, 6.07) is 12.1. The number of hydrogen-bond donors (Lipinski definition) is 1. The molecule has 6 aromatic rings. The molecule has 0 aromatic carbocycles. The number of halogens is 6. The van der Waals surface area contributed by atoms with Crippen molar-refractivity contribution in [3.05, 3.63) is 96.1 Å². The molecule has 6 heterocycles. The van der Waals surface area contributed by atoms with Gasteiger partial charge in [0.25, 0.3) is 0 Å². The Morgan fingerprint density at radius 3 is 1.35 bits per heavy atom. The van der Waals surface area contributed by atoms with Gasteiger partial charge < -0.3 is 37.9 Å². The Bertz CT molecular complexity index is 3080. The van der Waals surface area contributed by atoms with Crippen LogP contribution < -0.4 is 9.47 Å². The molecule has 0 saturated heterocycles. The quantitative estimate of drug-likeness (QED) is 0.0276. The van der Waals surface area contributed by atoms with Crippen molar-refractivity contribution in [1.82, 2.24) is 39.0 Å². The second-order valence-electron chi connectivity index (χ2n) is 22.9. The third-order valence-electron chi connectivity index (χ3n) is 14.1. The molecule has 1 N–H and O–H groups in total. The van der Waals surface area contributed by atoms with Crippen LogP contribution in [0.3, 0.4) is 0 Å². The predicted molar refractivity (Wildman–Crippen MR) is 293 cm³/mol. The lowest BCUT2D eigenvalue weighted by atomic mass is 9.69. The van der Waals surface area contributed by atoms with E-state index in [0.717, 1.165) is 83.5 Å². The highest BCUT2D eigenvalue weighted by molar-refractivity contribution is 6.76. The van der Waals surface area contributed by atoms with E-state index in [9.17, 15) is 41.0 Å². The lowest BCUT2D eigenvalue weighted by molar-refractivity contribution is -0.164. The van der Waals surface area contributed by atoms with E-state index >= 15 is 0 Å². The van der Waals surface area contributed by atoms with Gasteiger partial charge in [0.1, 0.15) is 48.9 Å². The van der Waals surface area contributed by atoms with Crippen LogP contribution in [-0.2, 0) is 49.6 Å². The van der Waals surface area contributed by atoms with Crippen LogP contribution in [0.4, 0.5) is 26.3 Å². The van der Waals surface area contributed by atoms with Crippen molar-refractivity contribution in [3.8, 4) is 57.1 Å². The first kappa shape index (κ1) is 61.1. The van der Waals surface area contributed by atoms with E-state index in [4.69, 9.17) is 23.7 Å². The first-order valence-corrected chi connectivity index (χ1v) is 34.0. The Balaban J connectivity index is 0.000000231. The number of carboxylic acid groups (broad SMARTS) is 1. The molecule has 0 bridgehead atoms. The molecular formula is C56H70F6N8O8Si2. The van der Waals surface area contributed by atoms with E-state index < -0.39 is 56.7 Å². The highest BCUT2D eigenvalue weighted by atomic mass is 28.3. The number of esters is 1. The van der Waals surface area contributed by atoms with Crippen molar-refractivity contribution in [2.75, 3.05) is 33.0 Å². The first-order valence-electron chi connectivity index (χ1n) is 26.6. The van der Waals surface area contributed by atoms with Crippen molar-refractivity contribution in [1.29, 1.82) is 0 Å². The summed E-state index contributed by atoms with van der Waals surface area (Å²) in [6.07, 6.45) is 3.62. The summed E-state index contributed by atoms with van der Waals surface area (Å²) in [5.74, 6) is -0.182. The van der Waals surface area contributed by atoms with Gasteiger partial charge in [-0.3, -0.25) is 19.6 Å². The summed E-state index contributed by atoms with van der Waals surface area (Å²) in [7, 11) is -2.68. The minimum Gasteiger partial charge on any atom is -0.481 e. The Kier molecular flexibility index (Phi) is 19.2. The molecule has 2 aliphatic carbocycles. The monoisotopic (exact) mass is 1150 g/mol. The Morgan fingerprint density at radius 1 is 0.625 bits per heavy atom. The minimum atomic E-state index is -4.59. The van der Waals surface area contributed by atoms with E-state index in [-0.39, 0.29) is 50.0 Å². The van der Waals surface area contributed by atoms with E-state index in [1.54, 1.807) is 68.1 Å². The molecule has 24 heteroatoms. The normalized spacial score (nSPS) is 15.0. The van der Waals surface area contributed by atoms with Crippen LogP contribution in [0.5, 0.6) is 11.8 Å². The van der Waals surface area contributed by atoms with Gasteiger partial charge in [-0.25, -0.2) is 19.9 Å². The van der Waals surface area contributed by atoms with Crippen LogP contribution in [0.2, 0.25) is 51.4 Å². The van der Waals surface area contributed by atoms with E-state index in [0.29, 0.717) is 50.1 Å². The van der Waals surface area contributed by atoms with Gasteiger partial charge in [-0.1, -0.05) is 64.3 Å². The van der Waals surface area contributed by atoms with Crippen LogP contribution in [0.25, 0.3) is 45.3 Å². The highest BCUT2D eigenvalue weighted by Gasteiger charge is 2.47. The van der Waals surface area contributed by atoms with Crippen LogP contribution in [0.15, 0.2) is 73.6 Å². The van der Waals surface area contributed by atoms with Crippen molar-refractivity contribution < 1.29 is 64.7 Å². The fourth-order valence-electron chi connectivity index (χ4n) is 8.73. The maximum absolute atomic E-state index is 13.5. The molecule has 8 rings (SSSR count). The number of ether oxygens (including phenoxy) is 5. The fourth-order valence-corrected chi connectivity index (χ4v) is 10.2. The molecular weight excluding hydrogens is 1080 g/mol. The maximum atomic E-state index is 13.5. The molecule has 2 aliphatic rings. The van der Waals surface area contributed by atoms with Crippen molar-refractivity contribution in [2.24, 2.45) is 10.8 Å². The number of pyridine rings is 4. The summed E-state index contributed by atoms with van der Waals surface area (Å²) in [5.41, 5.74) is 1.89. The van der Waals surface area contributed by atoms with Crippen molar-refractivity contribution in [3.63, 3.8) is 0 Å². The molecule has 6 aromatic heterocycles. The Morgan fingerprint density at radius 2 is 1.04 bits per heavy atom. The summed E-state index contributed by atoms with van der Waals surface area (Å²) in [4.78, 5) is 49.1. The smallest absolute Gasteiger partial charge is 0.434 e. The Labute approximate surface area is 463 Å². The van der Waals surface area contributed by atoms with E-state index in [2.05, 4.69) is 69.2 Å². The standard InChI is InChI=1S/C29H37F3N4O4Si.C27H33F3N4O4Si/c1-6-39-27(37)28(10-7-11-28)18-40-25-14-20(2)22(16-34-25)21-8-9-23(33-15-21)26-35-24(29(30,31)32)17-36(26)19-38-12-13-41(3,4)5;1-18-12-23(38-16-26(25(35)36)8-5-9-26)32-14-20(18)19-6-7-21(31-13-19)24-33-22(27(28,29)30)15-34(24)17-37-10-11-39(2,3)4/h8-9,14-17H,6-7,10-13,18-19H2,1-5H3;6-7,12-15H,5,8-11,16-17H2,1-4H3,(H,35,36). The lowest BCUT2D eigenvalue weighted by Gasteiger charge is -2.38. The van der Waals surface area contributed by atoms with Gasteiger partial charge in [-0.2, -0.15) is 26.3 Å². The molecule has 0 aliphatic heterocycles. The summed E-state index contributed by atoms with van der Waals surface area (Å²) in [6.45, 7) is 20.2. The number of aryl methyl sites for hydroxylation is 2. The topological polar surface area (TPSA) is 188 Å². The van der Waals surface area contributed by atoms with E-state index in [1.807, 2.05) is 13.8 Å². The minimum absolute atomic E-state index is 0.0474. The second kappa shape index (κ2) is 25.1. The summed E-state index contributed by atoms with van der Waals surface area (Å²) in [5, 5.41) is 9.48. The fraction of sp³-hybridized carbons (Fsp3) is 0.500. The number of carboxylic acids is 1. The maximum Gasteiger partial charge on any atom is 0.434 e. The molecule has 0 amide bonds. The van der Waals surface area contributed by atoms with Crippen LogP contribution in [-0.4, -0.2) is 105 Å². The Hall–Kier alpha value is -6.51. The molecule has 432 valence electrons. The van der Waals surface area contributed by atoms with Gasteiger partial charge >= 0.3 is 24.3 Å². The molecule has 80 heavy (non-hydrogen) atoms. The third kappa shape index (κ3) is 15.7. The average molecular weight is 1150 g/mol. The second-order valence-corrected chi connectivity index (χ2v) is 34.2. The number of alkyl halides is 6. The molecule has 0 atom stereocenters. The van der Waals surface area contributed by atoms with Crippen molar-refractivity contribution >= 4 is 28.1 Å². The molecule has 0 radical (unpaired) electrons. The molecule has 0 spiro atoms. The summed E-state index contributed by atoms with van der Waals surface area (Å²) < 4.78 is 111. The lowest BCUT2D eigenvalue weighted by Crippen LogP contribution is -2.44. The molecule has 2 saturated carbocycles. The van der Waals surface area contributed by atoms with Gasteiger partial charge in [0, 0.05) is 101 Å². The zero-order valence-electron chi connectivity index (χ0n) is 46.7. The SMILES string of the molecule is CCOC(=O)C1(COc2cc(C)c(-c3ccc(-c4nc(C(F)(F)F)cn4COCC[Si](C)(C)C)nc3)cn2)CCC1.Cc1cc(OCC2(C(=O)O)CCC2)ncc1-c1ccc(-c2nc(C(F)(F)F)cn2COCC[Si](C)(C)C)nc1. The predicted octanol–water partition coefficient (Wildman–Crippen LogP) is 13.0. The molecule has 16 nitrogen and oxygen atoms in total. The molecule has 0 unspecified atom stereocenters. The van der Waals surface area contributed by atoms with Crippen LogP contribution >= 0.6 is 0 Å². The number of imidazole rings is 2. The number of aliphatic carboxylic acids is 1. The molecule has 2 fully saturated rings. The van der Waals surface area contributed by atoms with Crippen LogP contribution in [0.1, 0.15) is 68.0 Å². The summed E-state index contributed by atoms with van der Waals surface area (Å²) >= 11 is 0. The van der Waals surface area contributed by atoms with Gasteiger partial charge in [0.15, 0.2) is 23.0 Å². The number of hydrogen-bond acceptors (Lipinski definition) is 13. The van der Waals surface area contributed by atoms with Gasteiger partial charge in [-0.05, 0) is 81.8 Å². The number of carbonyl (C=O) groups excluding carboxylic acids is 1. The first-order chi connectivity index (χ1) is 37.6. The van der Waals surface area contributed by atoms with Gasteiger partial charge in [-0.15, -0.1) is 0 Å².